The largest absolute Gasteiger partial charge is 0.397 e. The van der Waals surface area contributed by atoms with Gasteiger partial charge in [-0.3, -0.25) is 9.78 Å². The molecule has 2 aromatic carbocycles. The molecule has 23 heavy (non-hydrogen) atoms. The van der Waals surface area contributed by atoms with Crippen LogP contribution in [-0.2, 0) is 0 Å². The number of hydrogen-bond acceptors (Lipinski definition) is 3. The smallest absolute Gasteiger partial charge is 0.255 e. The quantitative estimate of drug-likeness (QED) is 0.775. The lowest BCUT2D eigenvalue weighted by molar-refractivity contribution is 0.102. The van der Waals surface area contributed by atoms with Crippen LogP contribution in [-0.4, -0.2) is 10.9 Å². The van der Waals surface area contributed by atoms with E-state index in [0.29, 0.717) is 22.6 Å². The van der Waals surface area contributed by atoms with Crippen molar-refractivity contribution < 1.29 is 9.18 Å². The fraction of sp³-hybridized carbons (Fsp3) is 0. The van der Waals surface area contributed by atoms with E-state index in [-0.39, 0.29) is 11.7 Å². The predicted octanol–water partition coefficient (Wildman–Crippen LogP) is 3.72. The molecule has 0 spiro atoms. The minimum Gasteiger partial charge on any atom is -0.397 e. The van der Waals surface area contributed by atoms with Gasteiger partial charge in [0.1, 0.15) is 5.82 Å². The van der Waals surface area contributed by atoms with Gasteiger partial charge in [0.05, 0.1) is 17.1 Å². The maximum atomic E-state index is 13.0. The number of rotatable bonds is 3. The van der Waals surface area contributed by atoms with E-state index in [9.17, 15) is 9.18 Å². The molecule has 0 saturated carbocycles. The third kappa shape index (κ3) is 3.18. The molecule has 0 radical (unpaired) electrons. The zero-order valence-corrected chi connectivity index (χ0v) is 12.2. The van der Waals surface area contributed by atoms with Gasteiger partial charge in [-0.2, -0.15) is 0 Å². The van der Waals surface area contributed by atoms with E-state index in [2.05, 4.69) is 10.3 Å². The lowest BCUT2D eigenvalue weighted by Gasteiger charge is -2.12. The molecule has 0 aliphatic carbocycles. The van der Waals surface area contributed by atoms with Gasteiger partial charge < -0.3 is 11.1 Å². The molecule has 4 nitrogen and oxygen atoms in total. The molecule has 0 unspecified atom stereocenters. The molecule has 0 aliphatic rings. The van der Waals surface area contributed by atoms with Crippen molar-refractivity contribution in [2.75, 3.05) is 11.1 Å². The Balaban J connectivity index is 1.94. The van der Waals surface area contributed by atoms with Gasteiger partial charge in [-0.15, -0.1) is 0 Å². The zero-order valence-electron chi connectivity index (χ0n) is 12.2. The second-order valence-corrected chi connectivity index (χ2v) is 4.95. The number of para-hydroxylation sites is 1. The summed E-state index contributed by atoms with van der Waals surface area (Å²) in [5, 5.41) is 2.82. The molecule has 3 N–H and O–H groups in total. The summed E-state index contributed by atoms with van der Waals surface area (Å²) < 4.78 is 13.0. The minimum absolute atomic E-state index is 0.327. The van der Waals surface area contributed by atoms with E-state index in [0.717, 1.165) is 5.56 Å². The Hall–Kier alpha value is -3.21. The van der Waals surface area contributed by atoms with Crippen molar-refractivity contribution in [3.63, 3.8) is 0 Å². The van der Waals surface area contributed by atoms with Crippen LogP contribution in [0.25, 0.3) is 11.3 Å². The fourth-order valence-corrected chi connectivity index (χ4v) is 2.24. The Morgan fingerprint density at radius 1 is 1.00 bits per heavy atom. The first-order chi connectivity index (χ1) is 11.1. The van der Waals surface area contributed by atoms with Crippen molar-refractivity contribution in [3.8, 4) is 11.3 Å². The summed E-state index contributed by atoms with van der Waals surface area (Å²) in [4.78, 5) is 16.6. The Labute approximate surface area is 132 Å². The average molecular weight is 307 g/mol. The first-order valence-corrected chi connectivity index (χ1v) is 7.02. The summed E-state index contributed by atoms with van der Waals surface area (Å²) in [5.74, 6) is -0.713. The highest BCUT2D eigenvalue weighted by molar-refractivity contribution is 6.06. The standard InChI is InChI=1S/C18H14FN3O/c19-13-9-7-12(8-10-13)18(23)22-16-6-2-1-4-14(16)17-15(20)5-3-11-21-17/h1-11H,20H2,(H,22,23). The number of nitrogens with one attached hydrogen (secondary N) is 1. The number of amides is 1. The fourth-order valence-electron chi connectivity index (χ4n) is 2.24. The monoisotopic (exact) mass is 307 g/mol. The minimum atomic E-state index is -0.386. The molecule has 114 valence electrons. The number of nitrogens with zero attached hydrogens (tertiary/aromatic N) is 1. The molecule has 3 aromatic rings. The first-order valence-electron chi connectivity index (χ1n) is 7.02. The topological polar surface area (TPSA) is 68.0 Å². The molecule has 0 atom stereocenters. The number of hydrogen-bond donors (Lipinski definition) is 2. The SMILES string of the molecule is Nc1cccnc1-c1ccccc1NC(=O)c1ccc(F)cc1. The van der Waals surface area contributed by atoms with Gasteiger partial charge in [0.15, 0.2) is 0 Å². The molecule has 1 heterocycles. The molecule has 1 aromatic heterocycles. The molecule has 0 saturated heterocycles. The van der Waals surface area contributed by atoms with Gasteiger partial charge in [0.2, 0.25) is 0 Å². The highest BCUT2D eigenvalue weighted by atomic mass is 19.1. The highest BCUT2D eigenvalue weighted by Crippen LogP contribution is 2.30. The van der Waals surface area contributed by atoms with Crippen molar-refractivity contribution in [1.29, 1.82) is 0 Å². The van der Waals surface area contributed by atoms with Gasteiger partial charge in [-0.05, 0) is 42.5 Å². The van der Waals surface area contributed by atoms with Crippen molar-refractivity contribution in [2.45, 2.75) is 0 Å². The van der Waals surface area contributed by atoms with E-state index in [1.165, 1.54) is 24.3 Å². The predicted molar refractivity (Wildman–Crippen MR) is 88.4 cm³/mol. The number of aromatic nitrogens is 1. The van der Waals surface area contributed by atoms with Crippen LogP contribution >= 0.6 is 0 Å². The van der Waals surface area contributed by atoms with E-state index in [1.54, 1.807) is 24.4 Å². The third-order valence-electron chi connectivity index (χ3n) is 3.38. The number of anilines is 2. The third-order valence-corrected chi connectivity index (χ3v) is 3.38. The first kappa shape index (κ1) is 14.7. The maximum Gasteiger partial charge on any atom is 0.255 e. The number of carbonyl (C=O) groups is 1. The van der Waals surface area contributed by atoms with Crippen LogP contribution < -0.4 is 11.1 Å². The van der Waals surface area contributed by atoms with Crippen molar-refractivity contribution in [2.24, 2.45) is 0 Å². The lowest BCUT2D eigenvalue weighted by atomic mass is 10.1. The molecule has 0 fully saturated rings. The number of pyridine rings is 1. The number of carbonyl (C=O) groups excluding carboxylic acids is 1. The summed E-state index contributed by atoms with van der Waals surface area (Å²) >= 11 is 0. The van der Waals surface area contributed by atoms with Crippen molar-refractivity contribution >= 4 is 17.3 Å². The molecular weight excluding hydrogens is 293 g/mol. The van der Waals surface area contributed by atoms with Crippen LogP contribution in [0.2, 0.25) is 0 Å². The van der Waals surface area contributed by atoms with Gasteiger partial charge in [-0.1, -0.05) is 18.2 Å². The van der Waals surface area contributed by atoms with Gasteiger partial charge >= 0.3 is 0 Å². The summed E-state index contributed by atoms with van der Waals surface area (Å²) in [6.45, 7) is 0. The summed E-state index contributed by atoms with van der Waals surface area (Å²) in [7, 11) is 0. The van der Waals surface area contributed by atoms with E-state index < -0.39 is 0 Å². The Morgan fingerprint density at radius 2 is 1.74 bits per heavy atom. The van der Waals surface area contributed by atoms with Crippen LogP contribution in [0.3, 0.4) is 0 Å². The van der Waals surface area contributed by atoms with Crippen LogP contribution in [0.15, 0.2) is 66.9 Å². The summed E-state index contributed by atoms with van der Waals surface area (Å²) in [6, 6.07) is 16.1. The molecule has 5 heteroatoms. The Morgan fingerprint density at radius 3 is 2.48 bits per heavy atom. The number of halogens is 1. The lowest BCUT2D eigenvalue weighted by Crippen LogP contribution is -2.12. The molecule has 1 amide bonds. The van der Waals surface area contributed by atoms with Crippen LogP contribution in [0.5, 0.6) is 0 Å². The Kier molecular flexibility index (Phi) is 4.01. The highest BCUT2D eigenvalue weighted by Gasteiger charge is 2.12. The number of nitrogens with two attached hydrogens (primary N) is 1. The van der Waals surface area contributed by atoms with Crippen molar-refractivity contribution in [3.05, 3.63) is 78.2 Å². The molecule has 0 bridgehead atoms. The van der Waals surface area contributed by atoms with E-state index in [1.807, 2.05) is 18.2 Å². The summed E-state index contributed by atoms with van der Waals surface area (Å²) in [6.07, 6.45) is 1.64. The van der Waals surface area contributed by atoms with Crippen molar-refractivity contribution in [1.82, 2.24) is 4.98 Å². The van der Waals surface area contributed by atoms with E-state index in [4.69, 9.17) is 5.73 Å². The van der Waals surface area contributed by atoms with Crippen LogP contribution in [0.4, 0.5) is 15.8 Å². The van der Waals surface area contributed by atoms with Gasteiger partial charge in [0.25, 0.3) is 5.91 Å². The van der Waals surface area contributed by atoms with Crippen LogP contribution in [0, 0.1) is 5.82 Å². The van der Waals surface area contributed by atoms with E-state index >= 15 is 0 Å². The van der Waals surface area contributed by atoms with Gasteiger partial charge in [-0.25, -0.2) is 4.39 Å². The average Bonchev–Trinajstić information content (AvgIpc) is 2.56. The number of benzene rings is 2. The zero-order chi connectivity index (χ0) is 16.2. The van der Waals surface area contributed by atoms with Crippen LogP contribution in [0.1, 0.15) is 10.4 Å². The normalized spacial score (nSPS) is 10.3. The second kappa shape index (κ2) is 6.27. The van der Waals surface area contributed by atoms with Gasteiger partial charge in [0, 0.05) is 17.3 Å². The number of nitrogen functional groups attached to an aromatic ring is 1. The molecule has 0 aliphatic heterocycles. The summed E-state index contributed by atoms with van der Waals surface area (Å²) in [5.41, 5.74) is 8.77. The maximum absolute atomic E-state index is 13.0. The molecule has 3 rings (SSSR count). The molecular formula is C18H14FN3O. The second-order valence-electron chi connectivity index (χ2n) is 4.95. The Bertz CT molecular complexity index is 847.